The number of aryl methyl sites for hydroxylation is 3. The van der Waals surface area contributed by atoms with Gasteiger partial charge in [0.05, 0.1) is 4.05 Å². The van der Waals surface area contributed by atoms with E-state index < -0.39 is 6.04 Å². The fraction of sp³-hybridized carbons (Fsp3) is 0.280. The number of aromatic nitrogens is 1. The zero-order valence-electron chi connectivity index (χ0n) is 18.0. The third kappa shape index (κ3) is 5.81. The number of amides is 1. The van der Waals surface area contributed by atoms with Crippen molar-refractivity contribution in [1.82, 2.24) is 10.3 Å². The first-order valence-electron chi connectivity index (χ1n) is 10.3. The van der Waals surface area contributed by atoms with Crippen LogP contribution in [0, 0.1) is 19.7 Å². The van der Waals surface area contributed by atoms with E-state index in [1.54, 1.807) is 20.0 Å². The van der Waals surface area contributed by atoms with Gasteiger partial charge in [-0.15, -0.1) is 0 Å². The highest BCUT2D eigenvalue weighted by molar-refractivity contribution is 14.1. The number of hydrogen-bond acceptors (Lipinski definition) is 3. The van der Waals surface area contributed by atoms with Gasteiger partial charge in [0, 0.05) is 24.6 Å². The topological polar surface area (TPSA) is 45.2 Å². The zero-order valence-corrected chi connectivity index (χ0v) is 20.1. The smallest absolute Gasteiger partial charge is 0.247 e. The van der Waals surface area contributed by atoms with E-state index in [2.05, 4.69) is 43.9 Å². The average molecular weight is 531 g/mol. The second-order valence-corrected chi connectivity index (χ2v) is 8.99. The Morgan fingerprint density at radius 1 is 1.13 bits per heavy atom. The molecule has 3 rings (SSSR count). The lowest BCUT2D eigenvalue weighted by Gasteiger charge is -2.37. The molecule has 4 nitrogen and oxygen atoms in total. The molecule has 0 aliphatic heterocycles. The number of benzene rings is 2. The maximum absolute atomic E-state index is 14.0. The Kier molecular flexibility index (Phi) is 8.01. The van der Waals surface area contributed by atoms with Gasteiger partial charge in [-0.3, -0.25) is 9.78 Å². The molecule has 0 aliphatic carbocycles. The van der Waals surface area contributed by atoms with Crippen LogP contribution in [0.2, 0.25) is 0 Å². The molecule has 0 spiro atoms. The molecule has 0 fully saturated rings. The third-order valence-electron chi connectivity index (χ3n) is 5.27. The van der Waals surface area contributed by atoms with Gasteiger partial charge in [0.15, 0.2) is 0 Å². The van der Waals surface area contributed by atoms with Crippen molar-refractivity contribution >= 4 is 34.2 Å². The number of carbonyl (C=O) groups excluding carboxylic acids is 1. The standard InChI is InChI=1S/C25H27FIN3O/c1-17-15-21(12-13-22(17)26)30(23(27)14-11-19-10-9-18(2)29-16-19)24(25(31)28-3)20-7-5-4-6-8-20/h4-10,12-13,15-16,23-24H,11,14H2,1-3H3,(H,28,31)/t23-,24?/m1/s1. The number of hydrogen-bond donors (Lipinski definition) is 1. The summed E-state index contributed by atoms with van der Waals surface area (Å²) in [6, 6.07) is 18.3. The Bertz CT molecular complexity index is 1010. The maximum Gasteiger partial charge on any atom is 0.247 e. The second kappa shape index (κ2) is 10.7. The van der Waals surface area contributed by atoms with E-state index in [9.17, 15) is 9.18 Å². The quantitative estimate of drug-likeness (QED) is 0.237. The molecule has 0 saturated heterocycles. The lowest BCUT2D eigenvalue weighted by Crippen LogP contribution is -2.43. The number of nitrogens with one attached hydrogen (secondary N) is 1. The molecule has 0 saturated carbocycles. The number of nitrogens with zero attached hydrogens (tertiary/aromatic N) is 2. The van der Waals surface area contributed by atoms with Gasteiger partial charge in [0.2, 0.25) is 5.91 Å². The summed E-state index contributed by atoms with van der Waals surface area (Å²) in [7, 11) is 1.65. The van der Waals surface area contributed by atoms with Crippen molar-refractivity contribution in [1.29, 1.82) is 0 Å². The molecular weight excluding hydrogens is 504 g/mol. The van der Waals surface area contributed by atoms with Crippen LogP contribution in [0.25, 0.3) is 0 Å². The summed E-state index contributed by atoms with van der Waals surface area (Å²) in [4.78, 5) is 19.5. The van der Waals surface area contributed by atoms with Crippen LogP contribution < -0.4 is 10.2 Å². The van der Waals surface area contributed by atoms with Crippen LogP contribution in [0.15, 0.2) is 66.9 Å². The van der Waals surface area contributed by atoms with Gasteiger partial charge >= 0.3 is 0 Å². The Morgan fingerprint density at radius 2 is 1.87 bits per heavy atom. The van der Waals surface area contributed by atoms with E-state index in [-0.39, 0.29) is 15.8 Å². The van der Waals surface area contributed by atoms with E-state index in [1.165, 1.54) is 6.07 Å². The largest absolute Gasteiger partial charge is 0.357 e. The number of rotatable bonds is 8. The number of anilines is 1. The first-order valence-corrected chi connectivity index (χ1v) is 11.5. The SMILES string of the molecule is CNC(=O)C(c1ccccc1)N(c1ccc(F)c(C)c1)[C@@H](I)CCc1ccc(C)nc1. The van der Waals surface area contributed by atoms with E-state index in [0.29, 0.717) is 5.56 Å². The Labute approximate surface area is 197 Å². The van der Waals surface area contributed by atoms with E-state index in [4.69, 9.17) is 0 Å². The molecule has 6 heteroatoms. The van der Waals surface area contributed by atoms with Crippen LogP contribution in [0.4, 0.5) is 10.1 Å². The molecular formula is C25H27FIN3O. The minimum atomic E-state index is -0.533. The van der Waals surface area contributed by atoms with E-state index in [1.807, 2.05) is 55.6 Å². The number of pyridine rings is 1. The number of halogens is 2. The van der Waals surface area contributed by atoms with Crippen LogP contribution in [0.1, 0.15) is 34.8 Å². The van der Waals surface area contributed by atoms with Gasteiger partial charge in [0.1, 0.15) is 11.9 Å². The van der Waals surface area contributed by atoms with Crippen molar-refractivity contribution < 1.29 is 9.18 Å². The predicted octanol–water partition coefficient (Wildman–Crippen LogP) is 5.53. The van der Waals surface area contributed by atoms with Crippen LogP contribution in [0.5, 0.6) is 0 Å². The average Bonchev–Trinajstić information content (AvgIpc) is 2.79. The van der Waals surface area contributed by atoms with Crippen molar-refractivity contribution in [3.63, 3.8) is 0 Å². The number of likely N-dealkylation sites (N-methyl/N-ethyl adjacent to an activating group) is 1. The van der Waals surface area contributed by atoms with Crippen molar-refractivity contribution in [3.8, 4) is 0 Å². The van der Waals surface area contributed by atoms with Crippen LogP contribution in [-0.4, -0.2) is 22.0 Å². The van der Waals surface area contributed by atoms with Gasteiger partial charge in [-0.2, -0.15) is 0 Å². The van der Waals surface area contributed by atoms with E-state index in [0.717, 1.165) is 35.3 Å². The molecule has 1 heterocycles. The fourth-order valence-corrected chi connectivity index (χ4v) is 4.50. The van der Waals surface area contributed by atoms with Gasteiger partial charge in [-0.05, 0) is 67.6 Å². The molecule has 2 aromatic carbocycles. The summed E-state index contributed by atoms with van der Waals surface area (Å²) in [6.07, 6.45) is 3.54. The monoisotopic (exact) mass is 531 g/mol. The third-order valence-corrected chi connectivity index (χ3v) is 6.50. The molecule has 0 radical (unpaired) electrons. The fourth-order valence-electron chi connectivity index (χ4n) is 3.54. The Balaban J connectivity index is 1.98. The first-order chi connectivity index (χ1) is 14.9. The normalized spacial score (nSPS) is 12.8. The molecule has 2 atom stereocenters. The Morgan fingerprint density at radius 3 is 2.48 bits per heavy atom. The minimum Gasteiger partial charge on any atom is -0.357 e. The minimum absolute atomic E-state index is 0.00808. The molecule has 0 bridgehead atoms. The second-order valence-electron chi connectivity index (χ2n) is 7.55. The van der Waals surface area contributed by atoms with Crippen LogP contribution >= 0.6 is 22.6 Å². The van der Waals surface area contributed by atoms with E-state index >= 15 is 0 Å². The highest BCUT2D eigenvalue weighted by Crippen LogP contribution is 2.34. The molecule has 31 heavy (non-hydrogen) atoms. The highest BCUT2D eigenvalue weighted by Gasteiger charge is 2.31. The summed E-state index contributed by atoms with van der Waals surface area (Å²) in [5.41, 5.74) is 4.40. The molecule has 0 aliphatic rings. The summed E-state index contributed by atoms with van der Waals surface area (Å²) >= 11 is 2.38. The number of alkyl halides is 1. The van der Waals surface area contributed by atoms with Gasteiger partial charge in [0.25, 0.3) is 0 Å². The van der Waals surface area contributed by atoms with Crippen LogP contribution in [-0.2, 0) is 11.2 Å². The van der Waals surface area contributed by atoms with Crippen LogP contribution in [0.3, 0.4) is 0 Å². The molecule has 1 N–H and O–H groups in total. The van der Waals surface area contributed by atoms with Gasteiger partial charge < -0.3 is 10.2 Å². The summed E-state index contributed by atoms with van der Waals surface area (Å²) < 4.78 is 14.0. The lowest BCUT2D eigenvalue weighted by atomic mass is 10.0. The van der Waals surface area contributed by atoms with Crippen molar-refractivity contribution in [2.24, 2.45) is 0 Å². The molecule has 3 aromatic rings. The molecule has 1 amide bonds. The summed E-state index contributed by atoms with van der Waals surface area (Å²) in [6.45, 7) is 3.71. The Hall–Kier alpha value is -2.48. The van der Waals surface area contributed by atoms with Crippen molar-refractivity contribution in [2.45, 2.75) is 36.8 Å². The van der Waals surface area contributed by atoms with Crippen molar-refractivity contribution in [3.05, 3.63) is 95.1 Å². The molecule has 162 valence electrons. The van der Waals surface area contributed by atoms with Crippen molar-refractivity contribution in [2.75, 3.05) is 11.9 Å². The highest BCUT2D eigenvalue weighted by atomic mass is 127. The van der Waals surface area contributed by atoms with Gasteiger partial charge in [-0.25, -0.2) is 4.39 Å². The summed E-state index contributed by atoms with van der Waals surface area (Å²) in [5, 5.41) is 2.81. The first kappa shape index (κ1) is 23.2. The number of carbonyl (C=O) groups is 1. The maximum atomic E-state index is 14.0. The predicted molar refractivity (Wildman–Crippen MR) is 132 cm³/mol. The molecule has 1 aromatic heterocycles. The molecule has 1 unspecified atom stereocenters. The zero-order chi connectivity index (χ0) is 22.4. The van der Waals surface area contributed by atoms with Gasteiger partial charge in [-0.1, -0.05) is 59.0 Å². The lowest BCUT2D eigenvalue weighted by molar-refractivity contribution is -0.122. The summed E-state index contributed by atoms with van der Waals surface area (Å²) in [5.74, 6) is -0.359.